The Bertz CT molecular complexity index is 1400. The highest BCUT2D eigenvalue weighted by atomic mass is 79.9. The molecule has 0 unspecified atom stereocenters. The van der Waals surface area contributed by atoms with E-state index in [0.717, 1.165) is 29.8 Å². The monoisotopic (exact) mass is 645 g/mol. The van der Waals surface area contributed by atoms with E-state index in [0.29, 0.717) is 28.3 Å². The molecule has 1 aliphatic rings. The molecule has 1 aliphatic heterocycles. The first-order chi connectivity index (χ1) is 19.4. The average molecular weight is 647 g/mol. The molecule has 0 saturated carbocycles. The second-order valence-electron chi connectivity index (χ2n) is 10.6. The van der Waals surface area contributed by atoms with Gasteiger partial charge in [0.25, 0.3) is 5.91 Å². The Hall–Kier alpha value is -3.57. The van der Waals surface area contributed by atoms with Crippen LogP contribution in [-0.2, 0) is 4.74 Å². The number of carbonyl (C=O) groups is 2. The quantitative estimate of drug-likeness (QED) is 0.283. The van der Waals surface area contributed by atoms with E-state index in [1.165, 1.54) is 13.3 Å². The summed E-state index contributed by atoms with van der Waals surface area (Å²) in [6, 6.07) is 10.9. The third-order valence-electron chi connectivity index (χ3n) is 6.21. The van der Waals surface area contributed by atoms with Crippen LogP contribution < -0.4 is 20.1 Å². The number of hydrogen-bond donors (Lipinski definition) is 2. The topological polar surface area (TPSA) is 115 Å². The lowest BCUT2D eigenvalue weighted by Crippen LogP contribution is -2.44. The van der Waals surface area contributed by atoms with Crippen LogP contribution in [0.25, 0.3) is 0 Å². The summed E-state index contributed by atoms with van der Waals surface area (Å²) in [4.78, 5) is 35.6. The Morgan fingerprint density at radius 1 is 1.15 bits per heavy atom. The highest BCUT2D eigenvalue weighted by Gasteiger charge is 2.28. The Morgan fingerprint density at radius 3 is 2.51 bits per heavy atom. The number of amides is 2. The van der Waals surface area contributed by atoms with Crippen LogP contribution in [0.1, 0.15) is 49.5 Å². The Balaban J connectivity index is 1.37. The fourth-order valence-electron chi connectivity index (χ4n) is 4.19. The van der Waals surface area contributed by atoms with Gasteiger partial charge in [-0.3, -0.25) is 4.79 Å². The van der Waals surface area contributed by atoms with Crippen LogP contribution >= 0.6 is 27.5 Å². The van der Waals surface area contributed by atoms with Crippen molar-refractivity contribution in [1.29, 1.82) is 0 Å². The molecular formula is C29H33BrClN5O5. The maximum absolute atomic E-state index is 12.9. The van der Waals surface area contributed by atoms with Crippen molar-refractivity contribution in [2.24, 2.45) is 0 Å². The normalized spacial score (nSPS) is 13.9. The summed E-state index contributed by atoms with van der Waals surface area (Å²) >= 11 is 9.61. The number of likely N-dealkylation sites (tertiary alicyclic amines) is 1. The minimum absolute atomic E-state index is 0.00359. The van der Waals surface area contributed by atoms with Crippen LogP contribution in [-0.4, -0.2) is 58.8 Å². The fourth-order valence-corrected chi connectivity index (χ4v) is 4.99. The van der Waals surface area contributed by atoms with Gasteiger partial charge in [0.05, 0.1) is 17.8 Å². The molecule has 2 aromatic carbocycles. The molecule has 2 amide bonds. The molecule has 0 bridgehead atoms. The van der Waals surface area contributed by atoms with E-state index >= 15 is 0 Å². The predicted molar refractivity (Wildman–Crippen MR) is 162 cm³/mol. The predicted octanol–water partition coefficient (Wildman–Crippen LogP) is 6.98. The lowest BCUT2D eigenvalue weighted by molar-refractivity contribution is 0.0126. The molecule has 1 fully saturated rings. The van der Waals surface area contributed by atoms with Gasteiger partial charge in [0.1, 0.15) is 23.0 Å². The molecule has 41 heavy (non-hydrogen) atoms. The molecule has 12 heteroatoms. The molecule has 3 aromatic rings. The highest BCUT2D eigenvalue weighted by molar-refractivity contribution is 9.10. The van der Waals surface area contributed by atoms with Gasteiger partial charge in [-0.15, -0.1) is 0 Å². The minimum atomic E-state index is -0.515. The summed E-state index contributed by atoms with van der Waals surface area (Å²) in [7, 11) is 1.43. The summed E-state index contributed by atoms with van der Waals surface area (Å²) in [5, 5.41) is 6.30. The van der Waals surface area contributed by atoms with Crippen molar-refractivity contribution in [2.45, 2.75) is 52.2 Å². The van der Waals surface area contributed by atoms with E-state index in [1.807, 2.05) is 45.9 Å². The van der Waals surface area contributed by atoms with Crippen molar-refractivity contribution in [3.8, 4) is 11.6 Å². The number of hydrogen-bond acceptors (Lipinski definition) is 8. The van der Waals surface area contributed by atoms with Crippen molar-refractivity contribution in [1.82, 2.24) is 14.9 Å². The first-order valence-electron chi connectivity index (χ1n) is 13.1. The molecule has 218 valence electrons. The van der Waals surface area contributed by atoms with Gasteiger partial charge in [0.2, 0.25) is 11.8 Å². The minimum Gasteiger partial charge on any atom is -0.490 e. The zero-order valence-electron chi connectivity index (χ0n) is 23.6. The summed E-state index contributed by atoms with van der Waals surface area (Å²) in [6.45, 7) is 8.71. The average Bonchev–Trinajstić information content (AvgIpc) is 2.91. The van der Waals surface area contributed by atoms with E-state index in [1.54, 1.807) is 23.1 Å². The second-order valence-corrected chi connectivity index (χ2v) is 11.8. The zero-order chi connectivity index (χ0) is 29.7. The number of ether oxygens (including phenoxy) is 3. The molecule has 0 aliphatic carbocycles. The molecule has 0 atom stereocenters. The van der Waals surface area contributed by atoms with E-state index < -0.39 is 11.5 Å². The second kappa shape index (κ2) is 12.9. The van der Waals surface area contributed by atoms with Gasteiger partial charge in [-0.1, -0.05) is 17.7 Å². The number of methoxy groups -OCH3 is 1. The van der Waals surface area contributed by atoms with E-state index in [2.05, 4.69) is 36.5 Å². The van der Waals surface area contributed by atoms with Gasteiger partial charge < -0.3 is 29.7 Å². The number of nitrogens with one attached hydrogen (secondary N) is 2. The van der Waals surface area contributed by atoms with Crippen molar-refractivity contribution >= 4 is 56.9 Å². The molecule has 1 aromatic heterocycles. The number of aromatic nitrogens is 2. The van der Waals surface area contributed by atoms with Crippen LogP contribution in [0.15, 0.2) is 47.1 Å². The van der Waals surface area contributed by atoms with Gasteiger partial charge in [-0.05, 0) is 79.5 Å². The highest BCUT2D eigenvalue weighted by Crippen LogP contribution is 2.32. The maximum atomic E-state index is 12.9. The first kappa shape index (κ1) is 30.4. The zero-order valence-corrected chi connectivity index (χ0v) is 25.9. The number of nitrogens with zero attached hydrogens (tertiary/aromatic N) is 3. The Kier molecular flexibility index (Phi) is 9.60. The summed E-state index contributed by atoms with van der Waals surface area (Å²) in [5.41, 5.74) is 1.75. The third kappa shape index (κ3) is 8.01. The van der Waals surface area contributed by atoms with Gasteiger partial charge in [0, 0.05) is 42.3 Å². The molecule has 2 N–H and O–H groups in total. The Morgan fingerprint density at radius 2 is 1.88 bits per heavy atom. The third-order valence-corrected chi connectivity index (χ3v) is 7.19. The SMILES string of the molecule is COc1nc(Nc2ccc(OC3CCN(C(=O)OC(C)(C)C)CC3)c(C)c2)ncc1C(=O)Nc1c(Cl)cccc1Br. The van der Waals surface area contributed by atoms with Crippen LogP contribution in [0.3, 0.4) is 0 Å². The van der Waals surface area contributed by atoms with Gasteiger partial charge in [0.15, 0.2) is 0 Å². The lowest BCUT2D eigenvalue weighted by Gasteiger charge is -2.33. The van der Waals surface area contributed by atoms with E-state index in [-0.39, 0.29) is 29.6 Å². The molecular weight excluding hydrogens is 614 g/mol. The number of para-hydroxylation sites is 1. The maximum Gasteiger partial charge on any atom is 0.410 e. The molecule has 4 rings (SSSR count). The van der Waals surface area contributed by atoms with Crippen molar-refractivity contribution in [3.63, 3.8) is 0 Å². The van der Waals surface area contributed by atoms with Gasteiger partial charge in [-0.25, -0.2) is 9.78 Å². The number of benzene rings is 2. The molecule has 2 heterocycles. The lowest BCUT2D eigenvalue weighted by atomic mass is 10.1. The number of aryl methyl sites for hydroxylation is 1. The number of rotatable bonds is 7. The molecule has 0 spiro atoms. The fraction of sp³-hybridized carbons (Fsp3) is 0.379. The van der Waals surface area contributed by atoms with Crippen LogP contribution in [0, 0.1) is 6.92 Å². The van der Waals surface area contributed by atoms with E-state index in [9.17, 15) is 9.59 Å². The number of anilines is 3. The van der Waals surface area contributed by atoms with Crippen LogP contribution in [0.2, 0.25) is 5.02 Å². The van der Waals surface area contributed by atoms with Crippen LogP contribution in [0.4, 0.5) is 22.1 Å². The first-order valence-corrected chi connectivity index (χ1v) is 14.3. The molecule has 10 nitrogen and oxygen atoms in total. The number of halogens is 2. The smallest absolute Gasteiger partial charge is 0.410 e. The Labute approximate surface area is 252 Å². The summed E-state index contributed by atoms with van der Waals surface area (Å²) < 4.78 is 17.7. The largest absolute Gasteiger partial charge is 0.490 e. The molecule has 1 saturated heterocycles. The van der Waals surface area contributed by atoms with Crippen molar-refractivity contribution in [3.05, 3.63) is 63.2 Å². The molecule has 0 radical (unpaired) electrons. The van der Waals surface area contributed by atoms with Crippen molar-refractivity contribution in [2.75, 3.05) is 30.8 Å². The van der Waals surface area contributed by atoms with Crippen LogP contribution in [0.5, 0.6) is 11.6 Å². The summed E-state index contributed by atoms with van der Waals surface area (Å²) in [6.07, 6.45) is 2.55. The number of carbonyl (C=O) groups excluding carboxylic acids is 2. The number of piperidine rings is 1. The van der Waals surface area contributed by atoms with Gasteiger partial charge in [-0.2, -0.15) is 4.98 Å². The standard InChI is InChI=1S/C29H33BrClN5O5/c1-17-15-18(9-10-23(17)40-19-11-13-36(14-12-19)28(38)41-29(2,3)4)33-27-32-16-20(26(35-27)39-5)25(37)34-24-21(30)7-6-8-22(24)31/h6-10,15-16,19H,11-14H2,1-5H3,(H,34,37)(H,32,33,35). The van der Waals surface area contributed by atoms with Gasteiger partial charge >= 0.3 is 6.09 Å². The summed E-state index contributed by atoms with van der Waals surface area (Å²) in [5.74, 6) is 0.677. The van der Waals surface area contributed by atoms with E-state index in [4.69, 9.17) is 25.8 Å². The van der Waals surface area contributed by atoms with Crippen molar-refractivity contribution < 1.29 is 23.8 Å².